The number of aromatic nitrogens is 3. The van der Waals surface area contributed by atoms with E-state index in [1.54, 1.807) is 24.3 Å². The third-order valence-electron chi connectivity index (χ3n) is 5.23. The van der Waals surface area contributed by atoms with E-state index in [4.69, 9.17) is 27.9 Å². The second-order valence-electron chi connectivity index (χ2n) is 7.65. The number of nitrogens with one attached hydrogen (secondary N) is 2. The van der Waals surface area contributed by atoms with Gasteiger partial charge in [-0.15, -0.1) is 0 Å². The number of halogens is 2. The van der Waals surface area contributed by atoms with Gasteiger partial charge in [0.15, 0.2) is 5.82 Å². The lowest BCUT2D eigenvalue weighted by molar-refractivity contribution is -0.117. The van der Waals surface area contributed by atoms with E-state index in [1.807, 2.05) is 35.9 Å². The van der Waals surface area contributed by atoms with E-state index in [-0.39, 0.29) is 11.8 Å². The zero-order valence-electron chi connectivity index (χ0n) is 17.1. The molecule has 1 saturated carbocycles. The first-order chi connectivity index (χ1) is 15.5. The molecule has 0 saturated heterocycles. The molecule has 0 atom stereocenters. The van der Waals surface area contributed by atoms with E-state index >= 15 is 0 Å². The van der Waals surface area contributed by atoms with Crippen LogP contribution in [0, 0.1) is 5.92 Å². The molecule has 0 bridgehead atoms. The molecule has 2 heterocycles. The van der Waals surface area contributed by atoms with Crippen LogP contribution in [0.4, 0.5) is 17.2 Å². The quantitative estimate of drug-likeness (QED) is 0.354. The molecule has 1 aliphatic rings. The van der Waals surface area contributed by atoms with Crippen molar-refractivity contribution in [2.75, 3.05) is 10.6 Å². The second kappa shape index (κ2) is 8.33. The molecule has 7 nitrogen and oxygen atoms in total. The summed E-state index contributed by atoms with van der Waals surface area (Å²) < 4.78 is 7.76. The number of hydrogen-bond acceptors (Lipinski definition) is 5. The monoisotopic (exact) mass is 467 g/mol. The van der Waals surface area contributed by atoms with Gasteiger partial charge in [-0.3, -0.25) is 4.79 Å². The molecular weight excluding hydrogens is 449 g/mol. The number of hydrogen-bond donors (Lipinski definition) is 2. The van der Waals surface area contributed by atoms with Crippen LogP contribution in [0.1, 0.15) is 12.8 Å². The summed E-state index contributed by atoms with van der Waals surface area (Å²) >= 11 is 12.7. The van der Waals surface area contributed by atoms with Crippen LogP contribution in [0.15, 0.2) is 54.9 Å². The molecule has 32 heavy (non-hydrogen) atoms. The smallest absolute Gasteiger partial charge is 0.227 e. The average Bonchev–Trinajstić information content (AvgIpc) is 3.57. The van der Waals surface area contributed by atoms with E-state index in [9.17, 15) is 4.79 Å². The maximum Gasteiger partial charge on any atom is 0.227 e. The Morgan fingerprint density at radius 2 is 1.94 bits per heavy atom. The Bertz CT molecular complexity index is 1330. The van der Waals surface area contributed by atoms with Gasteiger partial charge in [-0.2, -0.15) is 0 Å². The van der Waals surface area contributed by atoms with Gasteiger partial charge in [0.1, 0.15) is 28.5 Å². The van der Waals surface area contributed by atoms with Gasteiger partial charge in [-0.1, -0.05) is 29.3 Å². The third kappa shape index (κ3) is 4.22. The van der Waals surface area contributed by atoms with Gasteiger partial charge in [0.25, 0.3) is 0 Å². The highest BCUT2D eigenvalue weighted by Gasteiger charge is 2.29. The van der Waals surface area contributed by atoms with Crippen molar-refractivity contribution < 1.29 is 9.53 Å². The number of fused-ring (bicyclic) bond motifs is 1. The minimum atomic E-state index is 0.0500. The number of anilines is 3. The van der Waals surface area contributed by atoms with Crippen LogP contribution in [0.3, 0.4) is 0 Å². The summed E-state index contributed by atoms with van der Waals surface area (Å²) in [4.78, 5) is 20.6. The molecular formula is C23H19Cl2N5O2. The molecule has 0 unspecified atom stereocenters. The number of rotatable bonds is 6. The normalized spacial score (nSPS) is 13.2. The number of carbonyl (C=O) groups is 1. The fraction of sp³-hybridized carbons (Fsp3) is 0.174. The van der Waals surface area contributed by atoms with E-state index < -0.39 is 0 Å². The predicted molar refractivity (Wildman–Crippen MR) is 126 cm³/mol. The first-order valence-corrected chi connectivity index (χ1v) is 10.8. The van der Waals surface area contributed by atoms with Crippen molar-refractivity contribution in [3.05, 3.63) is 65.0 Å². The van der Waals surface area contributed by atoms with E-state index in [0.717, 1.165) is 29.6 Å². The molecule has 2 N–H and O–H groups in total. The molecule has 9 heteroatoms. The lowest BCUT2D eigenvalue weighted by Crippen LogP contribution is -2.13. The van der Waals surface area contributed by atoms with Gasteiger partial charge in [0.2, 0.25) is 5.91 Å². The predicted octanol–water partition coefficient (Wildman–Crippen LogP) is 6.16. The van der Waals surface area contributed by atoms with Crippen molar-refractivity contribution in [2.24, 2.45) is 13.0 Å². The van der Waals surface area contributed by atoms with Crippen LogP contribution >= 0.6 is 23.2 Å². The minimum Gasteiger partial charge on any atom is -0.456 e. The summed E-state index contributed by atoms with van der Waals surface area (Å²) in [5.41, 5.74) is 2.97. The van der Waals surface area contributed by atoms with E-state index in [1.165, 1.54) is 6.33 Å². The van der Waals surface area contributed by atoms with Crippen molar-refractivity contribution in [2.45, 2.75) is 12.8 Å². The highest BCUT2D eigenvalue weighted by atomic mass is 35.5. The highest BCUT2D eigenvalue weighted by Crippen LogP contribution is 2.35. The van der Waals surface area contributed by atoms with E-state index in [0.29, 0.717) is 33.2 Å². The van der Waals surface area contributed by atoms with Crippen LogP contribution < -0.4 is 15.4 Å². The molecule has 0 aliphatic heterocycles. The molecule has 2 aromatic carbocycles. The zero-order chi connectivity index (χ0) is 22.2. The number of aryl methyl sites for hydroxylation is 1. The summed E-state index contributed by atoms with van der Waals surface area (Å²) in [6.07, 6.45) is 3.39. The van der Waals surface area contributed by atoms with Crippen LogP contribution in [0.5, 0.6) is 11.5 Å². The topological polar surface area (TPSA) is 81.1 Å². The Morgan fingerprint density at radius 1 is 1.09 bits per heavy atom. The van der Waals surface area contributed by atoms with Crippen LogP contribution in [-0.2, 0) is 11.8 Å². The zero-order valence-corrected chi connectivity index (χ0v) is 18.6. The number of carbonyl (C=O) groups excluding carboxylic acids is 1. The summed E-state index contributed by atoms with van der Waals surface area (Å²) in [5, 5.41) is 7.18. The van der Waals surface area contributed by atoms with Gasteiger partial charge >= 0.3 is 0 Å². The fourth-order valence-electron chi connectivity index (χ4n) is 3.39. The van der Waals surface area contributed by atoms with Crippen molar-refractivity contribution in [1.29, 1.82) is 0 Å². The number of ether oxygens (including phenoxy) is 1. The Morgan fingerprint density at radius 3 is 2.72 bits per heavy atom. The number of nitrogens with zero attached hydrogens (tertiary/aromatic N) is 3. The van der Waals surface area contributed by atoms with Gasteiger partial charge in [0, 0.05) is 36.5 Å². The summed E-state index contributed by atoms with van der Waals surface area (Å²) in [6.45, 7) is 0. The Labute approximate surface area is 194 Å². The van der Waals surface area contributed by atoms with Crippen molar-refractivity contribution in [3.8, 4) is 11.5 Å². The van der Waals surface area contributed by atoms with Crippen LogP contribution in [0.2, 0.25) is 10.2 Å². The first-order valence-electron chi connectivity index (χ1n) is 10.1. The highest BCUT2D eigenvalue weighted by molar-refractivity contribution is 6.32. The Kier molecular flexibility index (Phi) is 5.36. The molecule has 2 aromatic heterocycles. The Balaban J connectivity index is 1.34. The van der Waals surface area contributed by atoms with E-state index in [2.05, 4.69) is 20.6 Å². The molecule has 162 valence electrons. The van der Waals surface area contributed by atoms with Crippen LogP contribution in [0.25, 0.3) is 11.0 Å². The second-order valence-corrected chi connectivity index (χ2v) is 8.44. The molecule has 1 fully saturated rings. The standard InChI is InChI=1S/C23H19Cl2N5O2/c1-30-20(25)11-18-21(30)22(27-12-26-18)28-15-7-8-19(17(24)10-15)32-16-4-2-3-14(9-16)29-23(31)13-5-6-13/h2-4,7-13H,5-6H2,1H3,(H,29,31)(H,26,27,28). The number of amides is 1. The first kappa shape index (κ1) is 20.6. The van der Waals surface area contributed by atoms with Gasteiger partial charge in [0.05, 0.1) is 10.5 Å². The summed E-state index contributed by atoms with van der Waals surface area (Å²) in [5.74, 6) is 1.88. The van der Waals surface area contributed by atoms with Gasteiger partial charge < -0.3 is 19.9 Å². The van der Waals surface area contributed by atoms with Crippen LogP contribution in [-0.4, -0.2) is 20.4 Å². The summed E-state index contributed by atoms with van der Waals surface area (Å²) in [7, 11) is 1.85. The lowest BCUT2D eigenvalue weighted by Gasteiger charge is -2.12. The third-order valence-corrected chi connectivity index (χ3v) is 5.89. The maximum atomic E-state index is 12.0. The molecule has 1 amide bonds. The van der Waals surface area contributed by atoms with Crippen molar-refractivity contribution in [1.82, 2.24) is 14.5 Å². The molecule has 1 aliphatic carbocycles. The van der Waals surface area contributed by atoms with Gasteiger partial charge in [-0.25, -0.2) is 9.97 Å². The maximum absolute atomic E-state index is 12.0. The largest absolute Gasteiger partial charge is 0.456 e. The SMILES string of the molecule is Cn1c(Cl)cc2ncnc(Nc3ccc(Oc4cccc(NC(=O)C5CC5)c4)c(Cl)c3)c21. The minimum absolute atomic E-state index is 0.0500. The van der Waals surface area contributed by atoms with Crippen molar-refractivity contribution in [3.63, 3.8) is 0 Å². The number of benzene rings is 2. The lowest BCUT2D eigenvalue weighted by atomic mass is 10.2. The molecule has 0 spiro atoms. The van der Waals surface area contributed by atoms with Gasteiger partial charge in [-0.05, 0) is 43.2 Å². The average molecular weight is 468 g/mol. The van der Waals surface area contributed by atoms with Crippen molar-refractivity contribution >= 4 is 57.3 Å². The fourth-order valence-corrected chi connectivity index (χ4v) is 3.80. The molecule has 0 radical (unpaired) electrons. The molecule has 4 aromatic rings. The summed E-state index contributed by atoms with van der Waals surface area (Å²) in [6, 6.07) is 14.4. The Hall–Kier alpha value is -3.29. The molecule has 5 rings (SSSR count).